The minimum atomic E-state index is -3.00. The molecule has 0 bridgehead atoms. The molecule has 0 radical (unpaired) electrons. The molecule has 6 rings (SSSR count). The Labute approximate surface area is 348 Å². The molecule has 2 aliphatic heterocycles. The van der Waals surface area contributed by atoms with E-state index in [1.807, 2.05) is 17.9 Å². The Balaban J connectivity index is 1.23. The molecule has 0 spiro atoms. The largest absolute Gasteiger partial charge is 0.473 e. The average molecular weight is 917 g/mol. The number of rotatable bonds is 14. The number of sulfone groups is 1. The van der Waals surface area contributed by atoms with Gasteiger partial charge in [-0.3, -0.25) is 14.5 Å². The summed E-state index contributed by atoms with van der Waals surface area (Å²) in [6.07, 6.45) is 6.10. The van der Waals surface area contributed by atoms with Crippen LogP contribution in [0.2, 0.25) is 16.6 Å². The molecular formula is C41H61IN8O4SSi. The highest BCUT2D eigenvalue weighted by Crippen LogP contribution is 2.41. The first kappa shape index (κ1) is 42.8. The van der Waals surface area contributed by atoms with Gasteiger partial charge in [-0.25, -0.2) is 17.8 Å². The third-order valence-corrected chi connectivity index (χ3v) is 20.2. The molecule has 5 heterocycles. The van der Waals surface area contributed by atoms with E-state index in [-0.39, 0.29) is 18.1 Å². The lowest BCUT2D eigenvalue weighted by Crippen LogP contribution is -2.43. The second-order valence-electron chi connectivity index (χ2n) is 16.9. The summed E-state index contributed by atoms with van der Waals surface area (Å²) in [4.78, 5) is 4.45. The van der Waals surface area contributed by atoms with Crippen molar-refractivity contribution in [2.24, 2.45) is 7.05 Å². The van der Waals surface area contributed by atoms with Gasteiger partial charge in [-0.2, -0.15) is 15.3 Å². The fraction of sp³-hybridized carbons (Fsp3) is 0.634. The zero-order valence-electron chi connectivity index (χ0n) is 35.0. The predicted molar refractivity (Wildman–Crippen MR) is 235 cm³/mol. The van der Waals surface area contributed by atoms with Crippen molar-refractivity contribution in [1.29, 1.82) is 0 Å². The first-order chi connectivity index (χ1) is 26.5. The molecule has 3 aromatic heterocycles. The summed E-state index contributed by atoms with van der Waals surface area (Å²) in [6, 6.07) is 6.51. The van der Waals surface area contributed by atoms with Crippen LogP contribution in [0.5, 0.6) is 5.88 Å². The van der Waals surface area contributed by atoms with Crippen molar-refractivity contribution in [3.05, 3.63) is 45.0 Å². The first-order valence-electron chi connectivity index (χ1n) is 20.2. The Morgan fingerprint density at radius 2 is 1.80 bits per heavy atom. The quantitative estimate of drug-likeness (QED) is 0.0733. The molecule has 4 aromatic rings. The van der Waals surface area contributed by atoms with Crippen LogP contribution in [0.1, 0.15) is 91.0 Å². The summed E-state index contributed by atoms with van der Waals surface area (Å²) in [7, 11) is -0.975. The molecule has 15 heteroatoms. The number of nitrogens with zero attached hydrogens (tertiary/aromatic N) is 8. The molecule has 0 saturated carbocycles. The number of fused-ring (bicyclic) bond motifs is 2. The van der Waals surface area contributed by atoms with Gasteiger partial charge in [0.25, 0.3) is 0 Å². The van der Waals surface area contributed by atoms with Crippen LogP contribution in [0.3, 0.4) is 0 Å². The molecule has 1 fully saturated rings. The maximum atomic E-state index is 11.7. The van der Waals surface area contributed by atoms with Gasteiger partial charge in [0.15, 0.2) is 6.23 Å². The van der Waals surface area contributed by atoms with Crippen molar-refractivity contribution in [3.8, 4) is 28.5 Å². The van der Waals surface area contributed by atoms with Gasteiger partial charge in [-0.1, -0.05) is 53.5 Å². The number of aromatic nitrogens is 6. The van der Waals surface area contributed by atoms with E-state index in [0.29, 0.717) is 48.7 Å². The lowest BCUT2D eigenvalue weighted by molar-refractivity contribution is -0.0367. The number of ether oxygens (including phenoxy) is 2. The van der Waals surface area contributed by atoms with Crippen LogP contribution in [-0.2, 0) is 41.3 Å². The van der Waals surface area contributed by atoms with E-state index in [9.17, 15) is 8.42 Å². The van der Waals surface area contributed by atoms with Crippen LogP contribution < -0.4 is 4.74 Å². The summed E-state index contributed by atoms with van der Waals surface area (Å²) in [6.45, 7) is 21.1. The average Bonchev–Trinajstić information content (AvgIpc) is 3.79. The molecule has 1 aromatic carbocycles. The zero-order valence-corrected chi connectivity index (χ0v) is 38.9. The number of aryl methyl sites for hydroxylation is 1. The van der Waals surface area contributed by atoms with Crippen LogP contribution >= 0.6 is 22.6 Å². The van der Waals surface area contributed by atoms with E-state index in [1.165, 1.54) is 6.26 Å². The van der Waals surface area contributed by atoms with Crippen molar-refractivity contribution >= 4 is 51.4 Å². The van der Waals surface area contributed by atoms with Crippen molar-refractivity contribution in [2.75, 3.05) is 45.3 Å². The number of hydrogen-bond acceptors (Lipinski definition) is 9. The van der Waals surface area contributed by atoms with Gasteiger partial charge in [0.05, 0.1) is 44.5 Å². The summed E-state index contributed by atoms with van der Waals surface area (Å²) in [5.74, 6) is 4.56. The zero-order chi connectivity index (χ0) is 40.5. The van der Waals surface area contributed by atoms with E-state index in [4.69, 9.17) is 19.7 Å². The third kappa shape index (κ3) is 9.25. The molecule has 2 aliphatic rings. The van der Waals surface area contributed by atoms with Gasteiger partial charge in [-0.15, -0.1) is 5.54 Å². The van der Waals surface area contributed by atoms with E-state index < -0.39 is 17.9 Å². The fourth-order valence-electron chi connectivity index (χ4n) is 8.87. The van der Waals surface area contributed by atoms with Crippen molar-refractivity contribution in [2.45, 2.75) is 116 Å². The van der Waals surface area contributed by atoms with Gasteiger partial charge in [0, 0.05) is 58.0 Å². The topological polar surface area (TPSA) is 113 Å². The molecule has 0 N–H and O–H groups in total. The van der Waals surface area contributed by atoms with Crippen LogP contribution in [0.4, 0.5) is 0 Å². The van der Waals surface area contributed by atoms with Crippen molar-refractivity contribution in [1.82, 2.24) is 39.1 Å². The molecule has 1 saturated heterocycles. The Morgan fingerprint density at radius 1 is 1.07 bits per heavy atom. The predicted octanol–water partition coefficient (Wildman–Crippen LogP) is 7.27. The van der Waals surface area contributed by atoms with E-state index in [0.717, 1.165) is 81.6 Å². The Hall–Kier alpha value is -2.75. The van der Waals surface area contributed by atoms with E-state index in [2.05, 4.69) is 132 Å². The molecular weight excluding hydrogens is 856 g/mol. The SMILES string of the molecule is CC(CN(C)Cc1nn2c(c1I)CN(CCS(C)(=O)=O)CC2)Oc1c(-c2ccc3c(c2)c(C#C[Si](C(C)C)(C(C)C)C(C)C)nn3C2CCCCO2)cnn1C. The monoisotopic (exact) mass is 916 g/mol. The molecule has 2 atom stereocenters. The summed E-state index contributed by atoms with van der Waals surface area (Å²) >= 11 is 2.40. The normalized spacial score (nSPS) is 17.6. The summed E-state index contributed by atoms with van der Waals surface area (Å²) in [5.41, 5.74) is 11.5. The highest BCUT2D eigenvalue weighted by molar-refractivity contribution is 14.1. The Kier molecular flexibility index (Phi) is 13.5. The highest BCUT2D eigenvalue weighted by atomic mass is 127. The standard InChI is InChI=1S/C41H61IN8O4SSi/c1-28(2)56(29(3)4,30(5)6)22-16-35-33-23-32(14-15-37(33)50(45-35)39-13-11-12-20-53-39)34-24-43-47(9)41(34)54-31(7)25-46(8)26-36-40(42)38-27-48(17-18-49(38)44-36)19-21-55(10,51)52/h14-15,23-24,28-31,39H,11-13,17-21,25-27H2,1-10H3. The highest BCUT2D eigenvalue weighted by Gasteiger charge is 2.42. The van der Waals surface area contributed by atoms with Crippen molar-refractivity contribution in [3.63, 3.8) is 0 Å². The van der Waals surface area contributed by atoms with Crippen LogP contribution in [0.25, 0.3) is 22.0 Å². The molecule has 0 amide bonds. The van der Waals surface area contributed by atoms with Crippen LogP contribution in [0.15, 0.2) is 24.4 Å². The molecule has 0 aliphatic carbocycles. The fourth-order valence-corrected chi connectivity index (χ4v) is 15.4. The summed E-state index contributed by atoms with van der Waals surface area (Å²) < 4.78 is 43.5. The summed E-state index contributed by atoms with van der Waals surface area (Å²) in [5, 5.41) is 15.8. The smallest absolute Gasteiger partial charge is 0.219 e. The van der Waals surface area contributed by atoms with Gasteiger partial charge in [0.1, 0.15) is 29.7 Å². The maximum absolute atomic E-state index is 11.7. The number of halogens is 1. The van der Waals surface area contributed by atoms with E-state index >= 15 is 0 Å². The number of benzene rings is 1. The molecule has 12 nitrogen and oxygen atoms in total. The lowest BCUT2D eigenvalue weighted by Gasteiger charge is -2.38. The van der Waals surface area contributed by atoms with Gasteiger partial charge in [-0.05, 0) is 90.1 Å². The third-order valence-electron chi connectivity index (χ3n) is 11.7. The van der Waals surface area contributed by atoms with E-state index in [1.54, 1.807) is 0 Å². The number of hydrogen-bond donors (Lipinski definition) is 0. The minimum Gasteiger partial charge on any atom is -0.473 e. The van der Waals surface area contributed by atoms with Gasteiger partial charge >= 0.3 is 0 Å². The maximum Gasteiger partial charge on any atom is 0.219 e. The van der Waals surface area contributed by atoms with Gasteiger partial charge in [0.2, 0.25) is 5.88 Å². The second-order valence-corrected chi connectivity index (χ2v) is 25.9. The second kappa shape index (κ2) is 17.6. The Bertz CT molecular complexity index is 2160. The lowest BCUT2D eigenvalue weighted by atomic mass is 10.1. The molecule has 306 valence electrons. The number of likely N-dealkylation sites (N-methyl/N-ethyl adjacent to an activating group) is 1. The Morgan fingerprint density at radius 3 is 2.46 bits per heavy atom. The van der Waals surface area contributed by atoms with Crippen LogP contribution in [0, 0.1) is 15.0 Å². The minimum absolute atomic E-state index is 0.0948. The van der Waals surface area contributed by atoms with Gasteiger partial charge < -0.3 is 9.47 Å². The molecule has 56 heavy (non-hydrogen) atoms. The molecule has 2 unspecified atom stereocenters. The van der Waals surface area contributed by atoms with Crippen LogP contribution in [-0.4, -0.2) is 107 Å². The first-order valence-corrected chi connectivity index (χ1v) is 25.5. The van der Waals surface area contributed by atoms with Crippen molar-refractivity contribution < 1.29 is 17.9 Å².